The summed E-state index contributed by atoms with van der Waals surface area (Å²) < 4.78 is 1.71. The zero-order valence-corrected chi connectivity index (χ0v) is 20.6. The Labute approximate surface area is 214 Å². The minimum Gasteiger partial charge on any atom is -0.348 e. The zero-order valence-electron chi connectivity index (χ0n) is 20.6. The van der Waals surface area contributed by atoms with E-state index in [1.54, 1.807) is 24.7 Å². The van der Waals surface area contributed by atoms with Crippen LogP contribution in [-0.2, 0) is 17.9 Å². The van der Waals surface area contributed by atoms with Gasteiger partial charge in [0.05, 0.1) is 17.8 Å². The predicted octanol–water partition coefficient (Wildman–Crippen LogP) is 4.30. The fourth-order valence-corrected chi connectivity index (χ4v) is 4.25. The third kappa shape index (κ3) is 4.99. The van der Waals surface area contributed by atoms with Gasteiger partial charge in [-0.05, 0) is 37.1 Å². The van der Waals surface area contributed by atoms with Crippen molar-refractivity contribution in [1.29, 1.82) is 0 Å². The van der Waals surface area contributed by atoms with Crippen LogP contribution in [0.4, 0.5) is 4.79 Å². The molecule has 4 amide bonds. The average molecular weight is 494 g/mol. The lowest BCUT2D eigenvalue weighted by Crippen LogP contribution is -2.40. The van der Waals surface area contributed by atoms with Gasteiger partial charge in [-0.3, -0.25) is 14.5 Å². The summed E-state index contributed by atoms with van der Waals surface area (Å²) in [5, 5.41) is 10.4. The van der Waals surface area contributed by atoms with Crippen molar-refractivity contribution in [2.24, 2.45) is 0 Å². The summed E-state index contributed by atoms with van der Waals surface area (Å²) in [4.78, 5) is 39.0. The molecule has 186 valence electrons. The minimum atomic E-state index is -0.895. The first kappa shape index (κ1) is 24.0. The number of benzene rings is 3. The Kier molecular flexibility index (Phi) is 6.31. The number of amides is 4. The zero-order chi connectivity index (χ0) is 26.0. The molecule has 8 nitrogen and oxygen atoms in total. The van der Waals surface area contributed by atoms with Crippen molar-refractivity contribution in [3.8, 4) is 16.9 Å². The number of rotatable bonds is 7. The molecule has 0 spiro atoms. The number of nitrogens with zero attached hydrogens (tertiary/aromatic N) is 3. The first-order chi connectivity index (χ1) is 17.8. The molecule has 0 bridgehead atoms. The highest BCUT2D eigenvalue weighted by Crippen LogP contribution is 2.24. The standard InChI is InChI=1S/C29H27N5O3/c1-29(2)27(36)33(28(37)31-29)18-21-15-13-20(14-16-21)17-30-26(35)24-19-34(23-11-7-4-8-12-23)32-25(24)22-9-5-3-6-10-22/h3-16,19H,17-18H2,1-2H3,(H,30,35)(H,31,37). The summed E-state index contributed by atoms with van der Waals surface area (Å²) >= 11 is 0. The van der Waals surface area contributed by atoms with Crippen molar-refractivity contribution in [2.75, 3.05) is 0 Å². The maximum atomic E-state index is 13.2. The summed E-state index contributed by atoms with van der Waals surface area (Å²) in [5.74, 6) is -0.481. The number of hydrogen-bond donors (Lipinski definition) is 2. The quantitative estimate of drug-likeness (QED) is 0.375. The van der Waals surface area contributed by atoms with Crippen LogP contribution in [0.15, 0.2) is 91.1 Å². The maximum absolute atomic E-state index is 13.2. The van der Waals surface area contributed by atoms with E-state index in [4.69, 9.17) is 5.10 Å². The Balaban J connectivity index is 1.29. The van der Waals surface area contributed by atoms with Gasteiger partial charge >= 0.3 is 6.03 Å². The molecule has 0 aliphatic carbocycles. The molecule has 0 unspecified atom stereocenters. The van der Waals surface area contributed by atoms with E-state index in [1.807, 2.05) is 84.9 Å². The van der Waals surface area contributed by atoms with E-state index in [0.717, 1.165) is 22.4 Å². The van der Waals surface area contributed by atoms with Crippen LogP contribution in [0.3, 0.4) is 0 Å². The van der Waals surface area contributed by atoms with Crippen molar-refractivity contribution in [1.82, 2.24) is 25.3 Å². The normalized spacial score (nSPS) is 14.5. The fourth-order valence-electron chi connectivity index (χ4n) is 4.25. The molecule has 1 aliphatic rings. The van der Waals surface area contributed by atoms with Crippen LogP contribution in [-0.4, -0.2) is 38.1 Å². The van der Waals surface area contributed by atoms with Gasteiger partial charge in [-0.2, -0.15) is 5.10 Å². The Morgan fingerprint density at radius 3 is 2.14 bits per heavy atom. The Morgan fingerprint density at radius 1 is 0.892 bits per heavy atom. The molecule has 5 rings (SSSR count). The van der Waals surface area contributed by atoms with Crippen molar-refractivity contribution in [3.05, 3.63) is 108 Å². The van der Waals surface area contributed by atoms with Crippen LogP contribution in [0.1, 0.15) is 35.3 Å². The van der Waals surface area contributed by atoms with E-state index in [2.05, 4.69) is 10.6 Å². The topological polar surface area (TPSA) is 96.3 Å². The molecule has 1 fully saturated rings. The second-order valence-corrected chi connectivity index (χ2v) is 9.48. The molecule has 2 heterocycles. The lowest BCUT2D eigenvalue weighted by Gasteiger charge is -2.16. The number of nitrogens with one attached hydrogen (secondary N) is 2. The molecule has 1 aliphatic heterocycles. The van der Waals surface area contributed by atoms with Gasteiger partial charge in [0.15, 0.2) is 0 Å². The lowest BCUT2D eigenvalue weighted by molar-refractivity contribution is -0.130. The highest BCUT2D eigenvalue weighted by atomic mass is 16.2. The summed E-state index contributed by atoms with van der Waals surface area (Å²) in [6.07, 6.45) is 1.75. The van der Waals surface area contributed by atoms with Gasteiger partial charge < -0.3 is 10.6 Å². The number of hydrogen-bond acceptors (Lipinski definition) is 4. The number of carbonyl (C=O) groups excluding carboxylic acids is 3. The maximum Gasteiger partial charge on any atom is 0.325 e. The van der Waals surface area contributed by atoms with Gasteiger partial charge in [-0.1, -0.05) is 72.8 Å². The average Bonchev–Trinajstić information content (AvgIpc) is 3.44. The van der Waals surface area contributed by atoms with E-state index in [9.17, 15) is 14.4 Å². The molecule has 37 heavy (non-hydrogen) atoms. The first-order valence-corrected chi connectivity index (χ1v) is 12.0. The predicted molar refractivity (Wildman–Crippen MR) is 140 cm³/mol. The summed E-state index contributed by atoms with van der Waals surface area (Å²) in [5.41, 5.74) is 3.63. The van der Waals surface area contributed by atoms with Gasteiger partial charge in [0.2, 0.25) is 0 Å². The summed E-state index contributed by atoms with van der Waals surface area (Å²) in [7, 11) is 0. The highest BCUT2D eigenvalue weighted by Gasteiger charge is 2.44. The van der Waals surface area contributed by atoms with Crippen LogP contribution in [0, 0.1) is 0 Å². The number of urea groups is 1. The smallest absolute Gasteiger partial charge is 0.325 e. The monoisotopic (exact) mass is 493 g/mol. The largest absolute Gasteiger partial charge is 0.348 e. The number of para-hydroxylation sites is 1. The van der Waals surface area contributed by atoms with E-state index in [0.29, 0.717) is 17.8 Å². The number of carbonyl (C=O) groups is 3. The first-order valence-electron chi connectivity index (χ1n) is 12.0. The third-order valence-electron chi connectivity index (χ3n) is 6.29. The van der Waals surface area contributed by atoms with Crippen LogP contribution >= 0.6 is 0 Å². The van der Waals surface area contributed by atoms with Crippen molar-refractivity contribution < 1.29 is 14.4 Å². The molecule has 1 aromatic heterocycles. The molecule has 4 aromatic rings. The Morgan fingerprint density at radius 2 is 1.51 bits per heavy atom. The minimum absolute atomic E-state index is 0.194. The Bertz CT molecular complexity index is 1440. The molecule has 0 atom stereocenters. The Hall–Kier alpha value is -4.72. The van der Waals surface area contributed by atoms with Gasteiger partial charge in [0, 0.05) is 18.3 Å². The van der Waals surface area contributed by atoms with E-state index >= 15 is 0 Å². The summed E-state index contributed by atoms with van der Waals surface area (Å²) in [6.45, 7) is 3.89. The van der Waals surface area contributed by atoms with Crippen LogP contribution in [0.25, 0.3) is 16.9 Å². The second-order valence-electron chi connectivity index (χ2n) is 9.48. The van der Waals surface area contributed by atoms with E-state index < -0.39 is 11.6 Å². The summed E-state index contributed by atoms with van der Waals surface area (Å²) in [6, 6.07) is 26.4. The van der Waals surface area contributed by atoms with Gasteiger partial charge in [-0.25, -0.2) is 9.48 Å². The lowest BCUT2D eigenvalue weighted by atomic mass is 10.1. The van der Waals surface area contributed by atoms with E-state index in [1.165, 1.54) is 4.90 Å². The fraction of sp³-hybridized carbons (Fsp3) is 0.172. The SMILES string of the molecule is CC1(C)NC(=O)N(Cc2ccc(CNC(=O)c3cn(-c4ccccc4)nc3-c3ccccc3)cc2)C1=O. The van der Waals surface area contributed by atoms with Crippen molar-refractivity contribution in [2.45, 2.75) is 32.5 Å². The second kappa shape index (κ2) is 9.73. The molecule has 2 N–H and O–H groups in total. The van der Waals surface area contributed by atoms with Crippen LogP contribution in [0.2, 0.25) is 0 Å². The molecule has 3 aromatic carbocycles. The highest BCUT2D eigenvalue weighted by molar-refractivity contribution is 6.06. The molecule has 1 saturated heterocycles. The number of aromatic nitrogens is 2. The van der Waals surface area contributed by atoms with Gasteiger partial charge in [-0.15, -0.1) is 0 Å². The van der Waals surface area contributed by atoms with Crippen LogP contribution in [0.5, 0.6) is 0 Å². The van der Waals surface area contributed by atoms with Gasteiger partial charge in [0.1, 0.15) is 11.2 Å². The van der Waals surface area contributed by atoms with Crippen molar-refractivity contribution in [3.63, 3.8) is 0 Å². The molecule has 0 radical (unpaired) electrons. The van der Waals surface area contributed by atoms with Crippen LogP contribution < -0.4 is 10.6 Å². The number of imide groups is 1. The molecular formula is C29H27N5O3. The van der Waals surface area contributed by atoms with Crippen molar-refractivity contribution >= 4 is 17.8 Å². The molecule has 8 heteroatoms. The van der Waals surface area contributed by atoms with E-state index in [-0.39, 0.29) is 18.4 Å². The third-order valence-corrected chi connectivity index (χ3v) is 6.29. The molecular weight excluding hydrogens is 466 g/mol. The molecule has 0 saturated carbocycles. The van der Waals surface area contributed by atoms with Gasteiger partial charge in [0.25, 0.3) is 11.8 Å².